The van der Waals surface area contributed by atoms with Crippen LogP contribution in [0.1, 0.15) is 30.0 Å². The van der Waals surface area contributed by atoms with Gasteiger partial charge in [-0.15, -0.1) is 0 Å². The molecule has 0 atom stereocenters. The minimum atomic E-state index is -0.0382. The predicted molar refractivity (Wildman–Crippen MR) is 102 cm³/mol. The molecule has 1 fully saturated rings. The standard InChI is InChI=1S/C19H26N6O/c1-14(2)13-21-19-22-15(3)12-16(23-19)18(26)25-10-8-24(9-11-25)17-6-4-5-7-20-17/h4-7,12,14H,8-11,13H2,1-3H3,(H,21,22,23). The first-order valence-electron chi connectivity index (χ1n) is 9.08. The van der Waals surface area contributed by atoms with Crippen molar-refractivity contribution in [3.8, 4) is 0 Å². The van der Waals surface area contributed by atoms with Crippen LogP contribution in [0.4, 0.5) is 11.8 Å². The molecule has 0 aliphatic carbocycles. The van der Waals surface area contributed by atoms with Gasteiger partial charge in [0.15, 0.2) is 0 Å². The molecule has 1 N–H and O–H groups in total. The average molecular weight is 354 g/mol. The minimum absolute atomic E-state index is 0.0382. The first-order chi connectivity index (χ1) is 12.5. The third-order valence-corrected chi connectivity index (χ3v) is 4.28. The van der Waals surface area contributed by atoms with Gasteiger partial charge in [0.1, 0.15) is 11.5 Å². The van der Waals surface area contributed by atoms with E-state index in [2.05, 4.69) is 39.0 Å². The fourth-order valence-corrected chi connectivity index (χ4v) is 2.89. The van der Waals surface area contributed by atoms with Crippen molar-refractivity contribution < 1.29 is 4.79 Å². The number of rotatable bonds is 5. The van der Waals surface area contributed by atoms with E-state index in [0.29, 0.717) is 30.6 Å². The summed E-state index contributed by atoms with van der Waals surface area (Å²) in [6.07, 6.45) is 1.79. The van der Waals surface area contributed by atoms with Crippen LogP contribution >= 0.6 is 0 Å². The largest absolute Gasteiger partial charge is 0.354 e. The molecule has 1 aliphatic heterocycles. The summed E-state index contributed by atoms with van der Waals surface area (Å²) < 4.78 is 0. The normalized spacial score (nSPS) is 14.6. The van der Waals surface area contributed by atoms with Crippen molar-refractivity contribution in [2.75, 3.05) is 42.9 Å². The van der Waals surface area contributed by atoms with Gasteiger partial charge in [-0.3, -0.25) is 4.79 Å². The van der Waals surface area contributed by atoms with Crippen LogP contribution in [0.5, 0.6) is 0 Å². The van der Waals surface area contributed by atoms with E-state index in [9.17, 15) is 4.79 Å². The second-order valence-corrected chi connectivity index (χ2v) is 6.96. The summed E-state index contributed by atoms with van der Waals surface area (Å²) in [6.45, 7) is 9.76. The van der Waals surface area contributed by atoms with Gasteiger partial charge in [-0.1, -0.05) is 19.9 Å². The highest BCUT2D eigenvalue weighted by atomic mass is 16.2. The molecule has 2 aromatic rings. The van der Waals surface area contributed by atoms with Crippen molar-refractivity contribution in [3.63, 3.8) is 0 Å². The van der Waals surface area contributed by atoms with Crippen LogP contribution in [-0.2, 0) is 0 Å². The third kappa shape index (κ3) is 4.47. The maximum Gasteiger partial charge on any atom is 0.272 e. The number of anilines is 2. The molecule has 138 valence electrons. The molecule has 0 radical (unpaired) electrons. The molecule has 0 bridgehead atoms. The second kappa shape index (κ2) is 8.12. The Morgan fingerprint density at radius 1 is 1.19 bits per heavy atom. The van der Waals surface area contributed by atoms with Crippen molar-refractivity contribution in [1.82, 2.24) is 19.9 Å². The van der Waals surface area contributed by atoms with Gasteiger partial charge in [-0.2, -0.15) is 0 Å². The summed E-state index contributed by atoms with van der Waals surface area (Å²) in [6, 6.07) is 7.65. The zero-order valence-electron chi connectivity index (χ0n) is 15.6. The van der Waals surface area contributed by atoms with Gasteiger partial charge < -0.3 is 15.1 Å². The Morgan fingerprint density at radius 3 is 2.62 bits per heavy atom. The van der Waals surface area contributed by atoms with Gasteiger partial charge in [0, 0.05) is 44.6 Å². The number of carbonyl (C=O) groups is 1. The Morgan fingerprint density at radius 2 is 1.96 bits per heavy atom. The van der Waals surface area contributed by atoms with E-state index in [1.807, 2.05) is 30.0 Å². The quantitative estimate of drug-likeness (QED) is 0.887. The van der Waals surface area contributed by atoms with Gasteiger partial charge in [0.2, 0.25) is 5.95 Å². The first kappa shape index (κ1) is 18.1. The van der Waals surface area contributed by atoms with Gasteiger partial charge in [0.05, 0.1) is 0 Å². The van der Waals surface area contributed by atoms with E-state index in [0.717, 1.165) is 31.1 Å². The van der Waals surface area contributed by atoms with Crippen LogP contribution in [0, 0.1) is 12.8 Å². The lowest BCUT2D eigenvalue weighted by Crippen LogP contribution is -2.49. The van der Waals surface area contributed by atoms with E-state index >= 15 is 0 Å². The van der Waals surface area contributed by atoms with E-state index < -0.39 is 0 Å². The topological polar surface area (TPSA) is 74.2 Å². The van der Waals surface area contributed by atoms with Crippen molar-refractivity contribution in [3.05, 3.63) is 41.9 Å². The lowest BCUT2D eigenvalue weighted by atomic mass is 10.2. The molecule has 0 saturated carbocycles. The molecule has 3 heterocycles. The molecule has 0 spiro atoms. The van der Waals surface area contributed by atoms with Crippen LogP contribution in [0.25, 0.3) is 0 Å². The molecular weight excluding hydrogens is 328 g/mol. The number of piperazine rings is 1. The van der Waals surface area contributed by atoms with Gasteiger partial charge in [-0.05, 0) is 31.0 Å². The molecular formula is C19H26N6O. The summed E-state index contributed by atoms with van der Waals surface area (Å²) in [5.74, 6) is 1.92. The molecule has 0 aromatic carbocycles. The maximum atomic E-state index is 12.9. The molecule has 2 aromatic heterocycles. The van der Waals surface area contributed by atoms with Gasteiger partial charge >= 0.3 is 0 Å². The summed E-state index contributed by atoms with van der Waals surface area (Å²) in [5.41, 5.74) is 1.25. The van der Waals surface area contributed by atoms with E-state index in [-0.39, 0.29) is 5.91 Å². The fraction of sp³-hybridized carbons (Fsp3) is 0.474. The molecule has 1 saturated heterocycles. The van der Waals surface area contributed by atoms with Crippen LogP contribution in [-0.4, -0.2) is 58.5 Å². The molecule has 26 heavy (non-hydrogen) atoms. The van der Waals surface area contributed by atoms with Crippen molar-refractivity contribution in [2.45, 2.75) is 20.8 Å². The van der Waals surface area contributed by atoms with Crippen molar-refractivity contribution in [2.24, 2.45) is 5.92 Å². The number of aryl methyl sites for hydroxylation is 1. The van der Waals surface area contributed by atoms with E-state index in [4.69, 9.17) is 0 Å². The minimum Gasteiger partial charge on any atom is -0.354 e. The maximum absolute atomic E-state index is 12.9. The number of nitrogens with one attached hydrogen (secondary N) is 1. The first-order valence-corrected chi connectivity index (χ1v) is 9.08. The molecule has 7 heteroatoms. The Labute approximate surface area is 154 Å². The number of nitrogens with zero attached hydrogens (tertiary/aromatic N) is 5. The van der Waals surface area contributed by atoms with Gasteiger partial charge in [0.25, 0.3) is 5.91 Å². The molecule has 1 amide bonds. The highest BCUT2D eigenvalue weighted by molar-refractivity contribution is 5.92. The van der Waals surface area contributed by atoms with Crippen LogP contribution in [0.2, 0.25) is 0 Å². The second-order valence-electron chi connectivity index (χ2n) is 6.96. The fourth-order valence-electron chi connectivity index (χ4n) is 2.89. The number of amides is 1. The van der Waals surface area contributed by atoms with Crippen LogP contribution in [0.15, 0.2) is 30.5 Å². The van der Waals surface area contributed by atoms with Crippen molar-refractivity contribution >= 4 is 17.7 Å². The number of aromatic nitrogens is 3. The molecule has 0 unspecified atom stereocenters. The summed E-state index contributed by atoms with van der Waals surface area (Å²) in [4.78, 5) is 30.1. The Hall–Kier alpha value is -2.70. The lowest BCUT2D eigenvalue weighted by Gasteiger charge is -2.35. The monoisotopic (exact) mass is 354 g/mol. The Kier molecular flexibility index (Phi) is 5.65. The summed E-state index contributed by atoms with van der Waals surface area (Å²) in [5, 5.41) is 3.20. The van der Waals surface area contributed by atoms with Crippen molar-refractivity contribution in [1.29, 1.82) is 0 Å². The number of hydrogen-bond donors (Lipinski definition) is 1. The summed E-state index contributed by atoms with van der Waals surface area (Å²) in [7, 11) is 0. The Balaban J connectivity index is 1.65. The van der Waals surface area contributed by atoms with Crippen LogP contribution < -0.4 is 10.2 Å². The van der Waals surface area contributed by atoms with E-state index in [1.54, 1.807) is 12.3 Å². The zero-order chi connectivity index (χ0) is 18.5. The average Bonchev–Trinajstić information content (AvgIpc) is 2.66. The zero-order valence-corrected chi connectivity index (χ0v) is 15.6. The SMILES string of the molecule is Cc1cc(C(=O)N2CCN(c3ccccn3)CC2)nc(NCC(C)C)n1. The number of hydrogen-bond acceptors (Lipinski definition) is 6. The number of carbonyl (C=O) groups excluding carboxylic acids is 1. The summed E-state index contributed by atoms with van der Waals surface area (Å²) >= 11 is 0. The smallest absolute Gasteiger partial charge is 0.272 e. The number of pyridine rings is 1. The molecule has 1 aliphatic rings. The van der Waals surface area contributed by atoms with E-state index in [1.165, 1.54) is 0 Å². The predicted octanol–water partition coefficient (Wildman–Crippen LogP) is 2.21. The van der Waals surface area contributed by atoms with Gasteiger partial charge in [-0.25, -0.2) is 15.0 Å². The Bertz CT molecular complexity index is 741. The molecule has 3 rings (SSSR count). The highest BCUT2D eigenvalue weighted by Gasteiger charge is 2.24. The highest BCUT2D eigenvalue weighted by Crippen LogP contribution is 2.15. The lowest BCUT2D eigenvalue weighted by molar-refractivity contribution is 0.0740. The third-order valence-electron chi connectivity index (χ3n) is 4.28. The molecule has 7 nitrogen and oxygen atoms in total. The van der Waals surface area contributed by atoms with Crippen LogP contribution in [0.3, 0.4) is 0 Å².